The molecule has 0 aromatic rings. The Labute approximate surface area is 178 Å². The lowest BCUT2D eigenvalue weighted by atomic mass is 9.39. The highest BCUT2D eigenvalue weighted by molar-refractivity contribution is 5.72. The fourth-order valence-electron chi connectivity index (χ4n) is 9.09. The molecule has 0 radical (unpaired) electrons. The van der Waals surface area contributed by atoms with Crippen LogP contribution in [-0.4, -0.2) is 25.8 Å². The average Bonchev–Trinajstić information content (AvgIpc) is 3.03. The monoisotopic (exact) mass is 404 g/mol. The third-order valence-corrected chi connectivity index (χ3v) is 11.0. The SMILES string of the molecule is COC(=O)[C@@H](C)C1CCC2C3CCCC[C@@]4(OC)CCC(C)(C)[C@]3(CC[C@@]21C)C4. The molecule has 0 amide bonds. The van der Waals surface area contributed by atoms with Crippen molar-refractivity contribution in [1.29, 1.82) is 0 Å². The minimum Gasteiger partial charge on any atom is -0.469 e. The van der Waals surface area contributed by atoms with Gasteiger partial charge < -0.3 is 9.47 Å². The van der Waals surface area contributed by atoms with Crippen LogP contribution in [0, 0.1) is 39.9 Å². The van der Waals surface area contributed by atoms with Gasteiger partial charge in [0.1, 0.15) is 0 Å². The second-order valence-electron chi connectivity index (χ2n) is 12.1. The number of esters is 1. The predicted molar refractivity (Wildman–Crippen MR) is 116 cm³/mol. The first kappa shape index (κ1) is 21.7. The molecule has 0 aromatic heterocycles. The Kier molecular flexibility index (Phi) is 5.41. The van der Waals surface area contributed by atoms with Crippen molar-refractivity contribution in [3.05, 3.63) is 0 Å². The highest BCUT2D eigenvalue weighted by Crippen LogP contribution is 2.72. The maximum Gasteiger partial charge on any atom is 0.308 e. The summed E-state index contributed by atoms with van der Waals surface area (Å²) in [5.74, 6) is 2.02. The Morgan fingerprint density at radius 2 is 1.66 bits per heavy atom. The normalized spacial score (nSPS) is 47.3. The topological polar surface area (TPSA) is 35.5 Å². The van der Waals surface area contributed by atoms with Crippen molar-refractivity contribution in [2.75, 3.05) is 14.2 Å². The second kappa shape index (κ2) is 7.24. The number of hydrogen-bond acceptors (Lipinski definition) is 3. The van der Waals surface area contributed by atoms with E-state index in [9.17, 15) is 4.79 Å². The van der Waals surface area contributed by atoms with Crippen molar-refractivity contribution in [1.82, 2.24) is 0 Å². The van der Waals surface area contributed by atoms with Crippen molar-refractivity contribution in [3.63, 3.8) is 0 Å². The summed E-state index contributed by atoms with van der Waals surface area (Å²) in [6.07, 6.45) is 14.1. The largest absolute Gasteiger partial charge is 0.469 e. The van der Waals surface area contributed by atoms with E-state index in [-0.39, 0.29) is 22.9 Å². The molecule has 0 aliphatic heterocycles. The maximum atomic E-state index is 12.4. The highest BCUT2D eigenvalue weighted by Gasteiger charge is 2.66. The summed E-state index contributed by atoms with van der Waals surface area (Å²) in [4.78, 5) is 12.4. The van der Waals surface area contributed by atoms with Crippen molar-refractivity contribution in [2.24, 2.45) is 39.9 Å². The number of fused-ring (bicyclic) bond motifs is 3. The van der Waals surface area contributed by atoms with E-state index in [0.717, 1.165) is 11.8 Å². The molecule has 0 aromatic carbocycles. The number of methoxy groups -OCH3 is 2. The van der Waals surface area contributed by atoms with E-state index in [0.29, 0.717) is 16.7 Å². The number of rotatable bonds is 3. The molecule has 166 valence electrons. The molecule has 3 unspecified atom stereocenters. The zero-order valence-corrected chi connectivity index (χ0v) is 19.8. The molecule has 29 heavy (non-hydrogen) atoms. The van der Waals surface area contributed by atoms with Gasteiger partial charge in [-0.05, 0) is 91.8 Å². The molecular weight excluding hydrogens is 360 g/mol. The molecule has 7 atom stereocenters. The standard InChI is InChI=1S/C26H44O3/c1-18(22(27)28-5)19-10-11-20-21-9-7-8-12-25(29-6)15-13-23(2,3)26(21,17-25)16-14-24(19,20)4/h18-21H,7-17H2,1-6H3/t18-,19?,20?,21?,24+,25+,26+/m0/s1. The Bertz CT molecular complexity index is 642. The molecule has 3 heteroatoms. The molecule has 2 bridgehead atoms. The van der Waals surface area contributed by atoms with Crippen LogP contribution >= 0.6 is 0 Å². The number of carbonyl (C=O) groups is 1. The molecule has 4 aliphatic carbocycles. The van der Waals surface area contributed by atoms with Crippen LogP contribution in [0.15, 0.2) is 0 Å². The molecule has 4 saturated carbocycles. The van der Waals surface area contributed by atoms with Gasteiger partial charge in [-0.2, -0.15) is 0 Å². The van der Waals surface area contributed by atoms with Gasteiger partial charge in [-0.15, -0.1) is 0 Å². The Morgan fingerprint density at radius 3 is 2.34 bits per heavy atom. The first-order valence-corrected chi connectivity index (χ1v) is 12.3. The average molecular weight is 405 g/mol. The molecule has 1 spiro atoms. The molecule has 4 fully saturated rings. The van der Waals surface area contributed by atoms with Gasteiger partial charge in [0.15, 0.2) is 0 Å². The fourth-order valence-corrected chi connectivity index (χ4v) is 9.09. The number of carbonyl (C=O) groups excluding carboxylic acids is 1. The lowest BCUT2D eigenvalue weighted by Crippen LogP contribution is -2.61. The van der Waals surface area contributed by atoms with E-state index in [1.807, 2.05) is 7.11 Å². The third kappa shape index (κ3) is 3.04. The van der Waals surface area contributed by atoms with Crippen molar-refractivity contribution in [3.8, 4) is 0 Å². The zero-order valence-electron chi connectivity index (χ0n) is 19.8. The van der Waals surface area contributed by atoms with Gasteiger partial charge in [0.25, 0.3) is 0 Å². The summed E-state index contributed by atoms with van der Waals surface area (Å²) in [5.41, 5.74) is 1.17. The van der Waals surface area contributed by atoms with Crippen LogP contribution in [-0.2, 0) is 14.3 Å². The molecule has 4 rings (SSSR count). The summed E-state index contributed by atoms with van der Waals surface area (Å²) >= 11 is 0. The van der Waals surface area contributed by atoms with Crippen LogP contribution in [0.2, 0.25) is 0 Å². The lowest BCUT2D eigenvalue weighted by molar-refractivity contribution is -0.205. The van der Waals surface area contributed by atoms with Gasteiger partial charge in [0.05, 0.1) is 18.6 Å². The summed E-state index contributed by atoms with van der Waals surface area (Å²) < 4.78 is 11.5. The van der Waals surface area contributed by atoms with Crippen LogP contribution in [0.4, 0.5) is 0 Å². The molecule has 0 heterocycles. The van der Waals surface area contributed by atoms with Crippen LogP contribution in [0.5, 0.6) is 0 Å². The van der Waals surface area contributed by atoms with E-state index >= 15 is 0 Å². The van der Waals surface area contributed by atoms with Crippen LogP contribution in [0.1, 0.15) is 98.3 Å². The summed E-state index contributed by atoms with van der Waals surface area (Å²) in [6.45, 7) is 9.77. The summed E-state index contributed by atoms with van der Waals surface area (Å²) in [5, 5.41) is 0. The van der Waals surface area contributed by atoms with Crippen LogP contribution < -0.4 is 0 Å². The van der Waals surface area contributed by atoms with E-state index in [2.05, 4.69) is 27.7 Å². The van der Waals surface area contributed by atoms with E-state index in [4.69, 9.17) is 9.47 Å². The van der Waals surface area contributed by atoms with Crippen LogP contribution in [0.3, 0.4) is 0 Å². The second-order valence-corrected chi connectivity index (χ2v) is 12.1. The Morgan fingerprint density at radius 1 is 0.897 bits per heavy atom. The van der Waals surface area contributed by atoms with E-state index < -0.39 is 0 Å². The zero-order chi connectivity index (χ0) is 21.1. The lowest BCUT2D eigenvalue weighted by Gasteiger charge is -2.66. The molecule has 4 aliphatic rings. The molecule has 3 nitrogen and oxygen atoms in total. The van der Waals surface area contributed by atoms with Crippen molar-refractivity contribution < 1.29 is 14.3 Å². The summed E-state index contributed by atoms with van der Waals surface area (Å²) in [6, 6.07) is 0. The quantitative estimate of drug-likeness (QED) is 0.511. The summed E-state index contributed by atoms with van der Waals surface area (Å²) in [7, 11) is 3.52. The Balaban J connectivity index is 1.72. The Hall–Kier alpha value is -0.570. The van der Waals surface area contributed by atoms with E-state index in [1.165, 1.54) is 70.6 Å². The van der Waals surface area contributed by atoms with Gasteiger partial charge in [0.2, 0.25) is 0 Å². The van der Waals surface area contributed by atoms with Gasteiger partial charge in [-0.25, -0.2) is 0 Å². The molecule has 0 N–H and O–H groups in total. The predicted octanol–water partition coefficient (Wildman–Crippen LogP) is 6.39. The number of hydrogen-bond donors (Lipinski definition) is 0. The molecular formula is C26H44O3. The fraction of sp³-hybridized carbons (Fsp3) is 0.962. The minimum atomic E-state index is -0.00813. The van der Waals surface area contributed by atoms with Crippen LogP contribution in [0.25, 0.3) is 0 Å². The first-order chi connectivity index (χ1) is 13.6. The minimum absolute atomic E-state index is 0.00813. The smallest absolute Gasteiger partial charge is 0.308 e. The number of ether oxygens (including phenoxy) is 2. The maximum absolute atomic E-state index is 12.4. The van der Waals surface area contributed by atoms with Crippen molar-refractivity contribution >= 4 is 5.97 Å². The first-order valence-electron chi connectivity index (χ1n) is 12.3. The van der Waals surface area contributed by atoms with Gasteiger partial charge in [0, 0.05) is 7.11 Å². The van der Waals surface area contributed by atoms with Crippen molar-refractivity contribution in [2.45, 2.75) is 104 Å². The molecule has 0 saturated heterocycles. The van der Waals surface area contributed by atoms with Gasteiger partial charge in [-0.1, -0.05) is 40.5 Å². The van der Waals surface area contributed by atoms with Gasteiger partial charge >= 0.3 is 5.97 Å². The highest BCUT2D eigenvalue weighted by atomic mass is 16.5. The van der Waals surface area contributed by atoms with E-state index in [1.54, 1.807) is 7.11 Å². The van der Waals surface area contributed by atoms with Gasteiger partial charge in [-0.3, -0.25) is 4.79 Å². The third-order valence-electron chi connectivity index (χ3n) is 11.0.